The highest BCUT2D eigenvalue weighted by atomic mass is 16.5. The molecule has 0 aliphatic carbocycles. The summed E-state index contributed by atoms with van der Waals surface area (Å²) >= 11 is 0. The molecule has 3 aliphatic rings. The lowest BCUT2D eigenvalue weighted by molar-refractivity contribution is -0.132. The molecule has 3 saturated heterocycles. The van der Waals surface area contributed by atoms with E-state index in [0.717, 1.165) is 59.0 Å². The van der Waals surface area contributed by atoms with Crippen molar-refractivity contribution in [1.82, 2.24) is 15.1 Å². The van der Waals surface area contributed by atoms with Gasteiger partial charge in [-0.25, -0.2) is 0 Å². The summed E-state index contributed by atoms with van der Waals surface area (Å²) in [5, 5.41) is 3.28. The number of likely N-dealkylation sites (tertiary alicyclic amines) is 1. The third-order valence-electron chi connectivity index (χ3n) is 4.81. The molecule has 108 valence electrons. The molecule has 3 fully saturated rings. The van der Waals surface area contributed by atoms with Gasteiger partial charge in [0.1, 0.15) is 0 Å². The maximum atomic E-state index is 12.1. The van der Waals surface area contributed by atoms with E-state index >= 15 is 0 Å². The average Bonchev–Trinajstić information content (AvgIpc) is 3.08. The van der Waals surface area contributed by atoms with Crippen molar-refractivity contribution in [3.05, 3.63) is 0 Å². The van der Waals surface area contributed by atoms with Gasteiger partial charge in [-0.2, -0.15) is 0 Å². The molecule has 1 amide bonds. The Morgan fingerprint density at radius 1 is 1.21 bits per heavy atom. The normalized spacial score (nSPS) is 32.3. The van der Waals surface area contributed by atoms with Gasteiger partial charge in [-0.15, -0.1) is 0 Å². The van der Waals surface area contributed by atoms with Gasteiger partial charge in [0, 0.05) is 57.7 Å². The zero-order valence-corrected chi connectivity index (χ0v) is 11.7. The molecule has 0 aromatic carbocycles. The minimum Gasteiger partial charge on any atom is -0.381 e. The molecule has 1 unspecified atom stereocenters. The van der Waals surface area contributed by atoms with Gasteiger partial charge < -0.3 is 19.9 Å². The number of carbonyl (C=O) groups is 1. The molecule has 1 N–H and O–H groups in total. The first-order chi connectivity index (χ1) is 9.27. The van der Waals surface area contributed by atoms with Crippen LogP contribution in [0.3, 0.4) is 0 Å². The van der Waals surface area contributed by atoms with Crippen molar-refractivity contribution >= 4 is 5.91 Å². The van der Waals surface area contributed by atoms with Crippen LogP contribution in [0.2, 0.25) is 0 Å². The van der Waals surface area contributed by atoms with Crippen molar-refractivity contribution in [2.75, 3.05) is 59.0 Å². The summed E-state index contributed by atoms with van der Waals surface area (Å²) in [7, 11) is 0. The summed E-state index contributed by atoms with van der Waals surface area (Å²) in [6, 6.07) is 0. The molecule has 1 spiro atoms. The number of rotatable bonds is 3. The summed E-state index contributed by atoms with van der Waals surface area (Å²) in [6.45, 7) is 8.66. The molecule has 0 bridgehead atoms. The molecular weight excluding hydrogens is 242 g/mol. The van der Waals surface area contributed by atoms with E-state index in [9.17, 15) is 4.79 Å². The number of carbonyl (C=O) groups excluding carboxylic acids is 1. The third-order valence-corrected chi connectivity index (χ3v) is 4.81. The van der Waals surface area contributed by atoms with Crippen LogP contribution >= 0.6 is 0 Å². The van der Waals surface area contributed by atoms with E-state index in [0.29, 0.717) is 17.7 Å². The van der Waals surface area contributed by atoms with Crippen LogP contribution in [0.5, 0.6) is 0 Å². The Hall–Kier alpha value is -0.650. The molecule has 0 aromatic rings. The van der Waals surface area contributed by atoms with E-state index in [-0.39, 0.29) is 0 Å². The summed E-state index contributed by atoms with van der Waals surface area (Å²) in [4.78, 5) is 16.6. The number of amides is 1. The van der Waals surface area contributed by atoms with E-state index in [4.69, 9.17) is 4.74 Å². The van der Waals surface area contributed by atoms with Crippen LogP contribution in [0.25, 0.3) is 0 Å². The SMILES string of the molecule is O=C(CCN1CCC2(CCOC2)C1)N1CCNCC1. The number of piperazine rings is 1. The van der Waals surface area contributed by atoms with Crippen molar-refractivity contribution in [2.45, 2.75) is 19.3 Å². The van der Waals surface area contributed by atoms with E-state index < -0.39 is 0 Å². The Bertz CT molecular complexity index is 323. The molecular formula is C14H25N3O2. The Balaban J connectivity index is 1.41. The lowest BCUT2D eigenvalue weighted by atomic mass is 9.87. The monoisotopic (exact) mass is 267 g/mol. The van der Waals surface area contributed by atoms with E-state index in [1.165, 1.54) is 12.8 Å². The summed E-state index contributed by atoms with van der Waals surface area (Å²) in [6.07, 6.45) is 3.13. The molecule has 3 aliphatic heterocycles. The number of nitrogens with zero attached hydrogens (tertiary/aromatic N) is 2. The van der Waals surface area contributed by atoms with Crippen LogP contribution in [0, 0.1) is 5.41 Å². The first kappa shape index (κ1) is 13.3. The second kappa shape index (κ2) is 5.77. The lowest BCUT2D eigenvalue weighted by Gasteiger charge is -2.28. The van der Waals surface area contributed by atoms with Gasteiger partial charge in [0.05, 0.1) is 6.61 Å². The van der Waals surface area contributed by atoms with E-state index in [1.807, 2.05) is 4.90 Å². The molecule has 0 aromatic heterocycles. The quantitative estimate of drug-likeness (QED) is 0.777. The summed E-state index contributed by atoms with van der Waals surface area (Å²) in [5.74, 6) is 0.324. The highest BCUT2D eigenvalue weighted by Crippen LogP contribution is 2.38. The van der Waals surface area contributed by atoms with Crippen molar-refractivity contribution in [2.24, 2.45) is 5.41 Å². The van der Waals surface area contributed by atoms with Crippen LogP contribution in [0.15, 0.2) is 0 Å². The van der Waals surface area contributed by atoms with E-state index in [2.05, 4.69) is 10.2 Å². The van der Waals surface area contributed by atoms with Gasteiger partial charge in [0.15, 0.2) is 0 Å². The van der Waals surface area contributed by atoms with Crippen molar-refractivity contribution < 1.29 is 9.53 Å². The molecule has 3 heterocycles. The molecule has 19 heavy (non-hydrogen) atoms. The minimum absolute atomic E-state index is 0.324. The topological polar surface area (TPSA) is 44.8 Å². The van der Waals surface area contributed by atoms with Crippen molar-refractivity contribution in [3.8, 4) is 0 Å². The Kier molecular flexibility index (Phi) is 4.05. The third kappa shape index (κ3) is 3.09. The Labute approximate surface area is 115 Å². The lowest BCUT2D eigenvalue weighted by Crippen LogP contribution is -2.47. The second-order valence-corrected chi connectivity index (χ2v) is 6.21. The standard InChI is InChI=1S/C14H25N3O2/c18-13(17-8-4-15-5-9-17)1-6-16-7-2-14(11-16)3-10-19-12-14/h15H,1-12H2. The van der Waals surface area contributed by atoms with Crippen LogP contribution < -0.4 is 5.32 Å². The number of ether oxygens (including phenoxy) is 1. The Morgan fingerprint density at radius 3 is 2.79 bits per heavy atom. The predicted octanol–water partition coefficient (Wildman–Crippen LogP) is -0.0793. The first-order valence-corrected chi connectivity index (χ1v) is 7.56. The zero-order valence-electron chi connectivity index (χ0n) is 11.7. The fourth-order valence-electron chi connectivity index (χ4n) is 3.52. The smallest absolute Gasteiger partial charge is 0.223 e. The first-order valence-electron chi connectivity index (χ1n) is 7.56. The maximum absolute atomic E-state index is 12.1. The fraction of sp³-hybridized carbons (Fsp3) is 0.929. The summed E-state index contributed by atoms with van der Waals surface area (Å²) < 4.78 is 5.54. The molecule has 3 rings (SSSR count). The summed E-state index contributed by atoms with van der Waals surface area (Å²) in [5.41, 5.74) is 0.415. The van der Waals surface area contributed by atoms with Gasteiger partial charge >= 0.3 is 0 Å². The average molecular weight is 267 g/mol. The molecule has 5 heteroatoms. The molecule has 5 nitrogen and oxygen atoms in total. The number of nitrogens with one attached hydrogen (secondary N) is 1. The van der Waals surface area contributed by atoms with Crippen molar-refractivity contribution in [1.29, 1.82) is 0 Å². The predicted molar refractivity (Wildman–Crippen MR) is 73.0 cm³/mol. The van der Waals surface area contributed by atoms with Gasteiger partial charge in [-0.1, -0.05) is 0 Å². The highest BCUT2D eigenvalue weighted by Gasteiger charge is 2.41. The van der Waals surface area contributed by atoms with E-state index in [1.54, 1.807) is 0 Å². The molecule has 0 saturated carbocycles. The molecule has 1 atom stereocenters. The van der Waals surface area contributed by atoms with Gasteiger partial charge in [0.25, 0.3) is 0 Å². The van der Waals surface area contributed by atoms with Crippen LogP contribution in [0.4, 0.5) is 0 Å². The fourth-order valence-corrected chi connectivity index (χ4v) is 3.52. The highest BCUT2D eigenvalue weighted by molar-refractivity contribution is 5.76. The number of hydrogen-bond donors (Lipinski definition) is 1. The van der Waals surface area contributed by atoms with Crippen molar-refractivity contribution in [3.63, 3.8) is 0 Å². The largest absolute Gasteiger partial charge is 0.381 e. The zero-order chi connectivity index (χ0) is 13.1. The van der Waals surface area contributed by atoms with Gasteiger partial charge in [-0.05, 0) is 19.4 Å². The Morgan fingerprint density at radius 2 is 2.05 bits per heavy atom. The molecule has 0 radical (unpaired) electrons. The van der Waals surface area contributed by atoms with Gasteiger partial charge in [0.2, 0.25) is 5.91 Å². The number of hydrogen-bond acceptors (Lipinski definition) is 4. The second-order valence-electron chi connectivity index (χ2n) is 6.21. The van der Waals surface area contributed by atoms with Crippen LogP contribution in [-0.4, -0.2) is 74.7 Å². The van der Waals surface area contributed by atoms with Gasteiger partial charge in [-0.3, -0.25) is 4.79 Å². The minimum atomic E-state index is 0.324. The van der Waals surface area contributed by atoms with Crippen LogP contribution in [-0.2, 0) is 9.53 Å². The maximum Gasteiger partial charge on any atom is 0.223 e. The van der Waals surface area contributed by atoms with Crippen LogP contribution in [0.1, 0.15) is 19.3 Å².